The molecular formula is C17H20N4O4S2. The molecular weight excluding hydrogens is 388 g/mol. The molecule has 27 heavy (non-hydrogen) atoms. The molecule has 1 fully saturated rings. The van der Waals surface area contributed by atoms with E-state index >= 15 is 0 Å². The first kappa shape index (κ1) is 19.5. The van der Waals surface area contributed by atoms with Crippen LogP contribution in [0.3, 0.4) is 0 Å². The molecule has 2 aromatic rings. The molecule has 0 bridgehead atoms. The Bertz CT molecular complexity index is 932. The van der Waals surface area contributed by atoms with Crippen LogP contribution in [0.1, 0.15) is 53.0 Å². The van der Waals surface area contributed by atoms with E-state index in [1.807, 2.05) is 0 Å². The van der Waals surface area contributed by atoms with Crippen molar-refractivity contribution < 1.29 is 18.0 Å². The van der Waals surface area contributed by atoms with Crippen molar-refractivity contribution in [2.45, 2.75) is 43.0 Å². The topological polar surface area (TPSA) is 131 Å². The Morgan fingerprint density at radius 2 is 1.74 bits per heavy atom. The number of aromatic nitrogens is 1. The van der Waals surface area contributed by atoms with E-state index in [4.69, 9.17) is 5.14 Å². The van der Waals surface area contributed by atoms with Gasteiger partial charge in [-0.05, 0) is 37.1 Å². The summed E-state index contributed by atoms with van der Waals surface area (Å²) in [7, 11) is -3.81. The Morgan fingerprint density at radius 1 is 1.07 bits per heavy atom. The largest absolute Gasteiger partial charge is 0.348 e. The Labute approximate surface area is 161 Å². The van der Waals surface area contributed by atoms with Gasteiger partial charge in [0.2, 0.25) is 10.0 Å². The van der Waals surface area contributed by atoms with Crippen LogP contribution in [-0.4, -0.2) is 31.3 Å². The van der Waals surface area contributed by atoms with Crippen molar-refractivity contribution >= 4 is 38.3 Å². The number of hydrogen-bond donors (Lipinski definition) is 3. The molecule has 8 nitrogen and oxygen atoms in total. The molecule has 0 radical (unpaired) electrons. The van der Waals surface area contributed by atoms with Gasteiger partial charge in [0, 0.05) is 17.0 Å². The van der Waals surface area contributed by atoms with Gasteiger partial charge in [-0.15, -0.1) is 11.3 Å². The summed E-state index contributed by atoms with van der Waals surface area (Å²) in [6, 6.07) is 5.42. The summed E-state index contributed by atoms with van der Waals surface area (Å²) in [5.41, 5.74) is 0.524. The summed E-state index contributed by atoms with van der Waals surface area (Å²) >= 11 is 1.15. The molecule has 0 spiro atoms. The number of sulfonamides is 1. The number of nitrogens with two attached hydrogens (primary N) is 1. The second kappa shape index (κ2) is 8.15. The van der Waals surface area contributed by atoms with E-state index in [1.54, 1.807) is 5.38 Å². The van der Waals surface area contributed by atoms with Crippen molar-refractivity contribution in [1.29, 1.82) is 0 Å². The van der Waals surface area contributed by atoms with Crippen molar-refractivity contribution in [2.75, 3.05) is 5.32 Å². The molecule has 1 saturated carbocycles. The minimum absolute atomic E-state index is 0.0741. The third-order valence-corrected chi connectivity index (χ3v) is 6.03. The van der Waals surface area contributed by atoms with Crippen LogP contribution in [-0.2, 0) is 10.0 Å². The number of amides is 2. The minimum Gasteiger partial charge on any atom is -0.348 e. The Balaban J connectivity index is 1.61. The SMILES string of the molecule is NS(=O)(=O)c1ccc(C(=O)Nc2nc(C(=O)NC3CCCCC3)cs2)cc1. The molecule has 0 unspecified atom stereocenters. The van der Waals surface area contributed by atoms with Gasteiger partial charge in [0.1, 0.15) is 5.69 Å². The summed E-state index contributed by atoms with van der Waals surface area (Å²) < 4.78 is 22.5. The number of primary sulfonamides is 1. The van der Waals surface area contributed by atoms with E-state index in [1.165, 1.54) is 30.7 Å². The number of rotatable bonds is 5. The van der Waals surface area contributed by atoms with Crippen molar-refractivity contribution in [3.63, 3.8) is 0 Å². The average Bonchev–Trinajstić information content (AvgIpc) is 3.10. The van der Waals surface area contributed by atoms with E-state index in [0.29, 0.717) is 5.13 Å². The first-order chi connectivity index (χ1) is 12.8. The lowest BCUT2D eigenvalue weighted by atomic mass is 9.95. The zero-order valence-corrected chi connectivity index (χ0v) is 16.1. The molecule has 1 aromatic heterocycles. The van der Waals surface area contributed by atoms with Gasteiger partial charge in [-0.3, -0.25) is 14.9 Å². The number of carbonyl (C=O) groups is 2. The normalized spacial score (nSPS) is 15.3. The highest BCUT2D eigenvalue weighted by Gasteiger charge is 2.19. The van der Waals surface area contributed by atoms with E-state index < -0.39 is 15.9 Å². The molecule has 144 valence electrons. The molecule has 1 aliphatic rings. The Hall–Kier alpha value is -2.30. The van der Waals surface area contributed by atoms with Crippen LogP contribution in [0.25, 0.3) is 0 Å². The Morgan fingerprint density at radius 3 is 2.37 bits per heavy atom. The van der Waals surface area contributed by atoms with Crippen LogP contribution in [0.15, 0.2) is 34.5 Å². The van der Waals surface area contributed by atoms with Crippen LogP contribution in [0.2, 0.25) is 0 Å². The number of carbonyl (C=O) groups excluding carboxylic acids is 2. The van der Waals surface area contributed by atoms with Crippen molar-refractivity contribution in [3.05, 3.63) is 40.9 Å². The molecule has 2 amide bonds. The molecule has 0 aliphatic heterocycles. The van der Waals surface area contributed by atoms with E-state index in [-0.39, 0.29) is 28.1 Å². The number of thiazole rings is 1. The molecule has 1 aliphatic carbocycles. The average molecular weight is 409 g/mol. The summed E-state index contributed by atoms with van der Waals surface area (Å²) in [5.74, 6) is -0.694. The van der Waals surface area contributed by atoms with E-state index in [9.17, 15) is 18.0 Å². The van der Waals surface area contributed by atoms with Gasteiger partial charge >= 0.3 is 0 Å². The lowest BCUT2D eigenvalue weighted by Crippen LogP contribution is -2.36. The molecule has 3 rings (SSSR count). The second-order valence-electron chi connectivity index (χ2n) is 6.37. The van der Waals surface area contributed by atoms with Crippen LogP contribution in [0.5, 0.6) is 0 Å². The first-order valence-corrected chi connectivity index (χ1v) is 11.0. The quantitative estimate of drug-likeness (QED) is 0.697. The van der Waals surface area contributed by atoms with Crippen molar-refractivity contribution in [1.82, 2.24) is 10.3 Å². The van der Waals surface area contributed by atoms with Gasteiger partial charge in [-0.25, -0.2) is 18.5 Å². The summed E-state index contributed by atoms with van der Waals surface area (Å²) in [5, 5.41) is 12.5. The molecule has 0 saturated heterocycles. The van der Waals surface area contributed by atoms with Gasteiger partial charge in [0.25, 0.3) is 11.8 Å². The monoisotopic (exact) mass is 408 g/mol. The van der Waals surface area contributed by atoms with Gasteiger partial charge in [-0.2, -0.15) is 0 Å². The molecule has 10 heteroatoms. The number of nitrogens with one attached hydrogen (secondary N) is 2. The number of anilines is 1. The number of hydrogen-bond acceptors (Lipinski definition) is 6. The van der Waals surface area contributed by atoms with Gasteiger partial charge < -0.3 is 5.32 Å². The van der Waals surface area contributed by atoms with E-state index in [2.05, 4.69) is 15.6 Å². The highest BCUT2D eigenvalue weighted by molar-refractivity contribution is 7.89. The standard InChI is InChI=1S/C17H20N4O4S2/c18-27(24,25)13-8-6-11(7-9-13)15(22)21-17-20-14(10-26-17)16(23)19-12-4-2-1-3-5-12/h6-10,12H,1-5H2,(H,19,23)(H2,18,24,25)(H,20,21,22). The molecule has 0 atom stereocenters. The maximum Gasteiger partial charge on any atom is 0.271 e. The van der Waals surface area contributed by atoms with Crippen LogP contribution in [0.4, 0.5) is 5.13 Å². The van der Waals surface area contributed by atoms with Crippen molar-refractivity contribution in [2.24, 2.45) is 5.14 Å². The zero-order chi connectivity index (χ0) is 19.4. The van der Waals surface area contributed by atoms with Crippen LogP contribution in [0, 0.1) is 0 Å². The molecule has 4 N–H and O–H groups in total. The predicted molar refractivity (Wildman–Crippen MR) is 102 cm³/mol. The van der Waals surface area contributed by atoms with Gasteiger partial charge in [-0.1, -0.05) is 19.3 Å². The van der Waals surface area contributed by atoms with Crippen molar-refractivity contribution in [3.8, 4) is 0 Å². The first-order valence-electron chi connectivity index (χ1n) is 8.53. The fourth-order valence-electron chi connectivity index (χ4n) is 2.91. The highest BCUT2D eigenvalue weighted by Crippen LogP contribution is 2.20. The fourth-order valence-corrected chi connectivity index (χ4v) is 4.11. The van der Waals surface area contributed by atoms with E-state index in [0.717, 1.165) is 37.0 Å². The highest BCUT2D eigenvalue weighted by atomic mass is 32.2. The smallest absolute Gasteiger partial charge is 0.271 e. The summed E-state index contributed by atoms with van der Waals surface area (Å²) in [6.07, 6.45) is 5.40. The minimum atomic E-state index is -3.81. The third kappa shape index (κ3) is 5.12. The maximum atomic E-state index is 12.3. The van der Waals surface area contributed by atoms with Gasteiger partial charge in [0.05, 0.1) is 4.90 Å². The van der Waals surface area contributed by atoms with Gasteiger partial charge in [0.15, 0.2) is 5.13 Å². The van der Waals surface area contributed by atoms with Crippen LogP contribution >= 0.6 is 11.3 Å². The summed E-state index contributed by atoms with van der Waals surface area (Å²) in [6.45, 7) is 0. The molecule has 1 heterocycles. The Kier molecular flexibility index (Phi) is 5.88. The molecule has 1 aromatic carbocycles. The lowest BCUT2D eigenvalue weighted by molar-refractivity contribution is 0.0922. The van der Waals surface area contributed by atoms with Crippen LogP contribution < -0.4 is 15.8 Å². The predicted octanol–water partition coefficient (Wildman–Crippen LogP) is 2.11. The number of nitrogens with zero attached hydrogens (tertiary/aromatic N) is 1. The third-order valence-electron chi connectivity index (χ3n) is 4.34. The zero-order valence-electron chi connectivity index (χ0n) is 14.5. The second-order valence-corrected chi connectivity index (χ2v) is 8.79. The lowest BCUT2D eigenvalue weighted by Gasteiger charge is -2.22. The fraction of sp³-hybridized carbons (Fsp3) is 0.353. The number of benzene rings is 1. The maximum absolute atomic E-state index is 12.3. The summed E-state index contributed by atoms with van der Waals surface area (Å²) in [4.78, 5) is 28.6.